The highest BCUT2D eigenvalue weighted by atomic mass is 79.9. The summed E-state index contributed by atoms with van der Waals surface area (Å²) in [4.78, 5) is 18.5. The van der Waals surface area contributed by atoms with Gasteiger partial charge in [0.05, 0.1) is 0 Å². The third-order valence-electron chi connectivity index (χ3n) is 2.11. The number of aromatic nitrogens is 2. The van der Waals surface area contributed by atoms with E-state index in [0.717, 1.165) is 10.0 Å². The summed E-state index contributed by atoms with van der Waals surface area (Å²) in [7, 11) is 0. The number of rotatable bonds is 2. The highest BCUT2D eigenvalue weighted by Gasteiger charge is 2.10. The van der Waals surface area contributed by atoms with Crippen LogP contribution in [-0.2, 0) is 0 Å². The van der Waals surface area contributed by atoms with Gasteiger partial charge in [-0.2, -0.15) is 0 Å². The third-order valence-corrected chi connectivity index (χ3v) is 2.61. The highest BCUT2D eigenvalue weighted by molar-refractivity contribution is 9.10. The van der Waals surface area contributed by atoms with E-state index in [9.17, 15) is 4.79 Å². The minimum Gasteiger partial charge on any atom is -0.345 e. The van der Waals surface area contributed by atoms with Crippen molar-refractivity contribution in [1.82, 2.24) is 9.97 Å². The van der Waals surface area contributed by atoms with Crippen molar-refractivity contribution in [2.24, 2.45) is 0 Å². The van der Waals surface area contributed by atoms with Crippen LogP contribution < -0.4 is 0 Å². The van der Waals surface area contributed by atoms with Crippen LogP contribution in [0.2, 0.25) is 0 Å². The molecule has 1 heterocycles. The molecule has 0 aliphatic rings. The van der Waals surface area contributed by atoms with Crippen molar-refractivity contribution in [1.29, 1.82) is 0 Å². The molecular weight excluding hydrogens is 256 g/mol. The Morgan fingerprint density at radius 2 is 2.27 bits per heavy atom. The van der Waals surface area contributed by atoms with E-state index in [-0.39, 0.29) is 5.78 Å². The molecule has 0 fully saturated rings. The molecule has 0 saturated heterocycles. The summed E-state index contributed by atoms with van der Waals surface area (Å²) in [6.45, 7) is 1.55. The number of halogens is 1. The number of hydrogen-bond donors (Lipinski definition) is 1. The van der Waals surface area contributed by atoms with Gasteiger partial charge in [0.2, 0.25) is 0 Å². The van der Waals surface area contributed by atoms with Crippen molar-refractivity contribution in [3.8, 4) is 11.4 Å². The molecule has 0 amide bonds. The van der Waals surface area contributed by atoms with E-state index >= 15 is 0 Å². The Balaban J connectivity index is 2.63. The van der Waals surface area contributed by atoms with Gasteiger partial charge >= 0.3 is 0 Å². The van der Waals surface area contributed by atoms with Crippen LogP contribution in [0.4, 0.5) is 0 Å². The second-order valence-electron chi connectivity index (χ2n) is 3.18. The zero-order valence-corrected chi connectivity index (χ0v) is 9.71. The average molecular weight is 265 g/mol. The average Bonchev–Trinajstić information content (AvgIpc) is 2.69. The Hall–Kier alpha value is -1.42. The van der Waals surface area contributed by atoms with Crippen LogP contribution in [0.25, 0.3) is 11.4 Å². The van der Waals surface area contributed by atoms with Gasteiger partial charge in [-0.1, -0.05) is 15.9 Å². The SMILES string of the molecule is CC(=O)c1ccc(Br)cc1-c1ncc[nH]1. The molecule has 0 radical (unpaired) electrons. The summed E-state index contributed by atoms with van der Waals surface area (Å²) >= 11 is 3.38. The quantitative estimate of drug-likeness (QED) is 0.848. The molecule has 0 unspecified atom stereocenters. The van der Waals surface area contributed by atoms with Crippen LogP contribution in [0.5, 0.6) is 0 Å². The fourth-order valence-corrected chi connectivity index (χ4v) is 1.79. The van der Waals surface area contributed by atoms with E-state index in [1.807, 2.05) is 12.1 Å². The summed E-state index contributed by atoms with van der Waals surface area (Å²) in [5.74, 6) is 0.746. The minimum absolute atomic E-state index is 0.0360. The Labute approximate surface area is 95.7 Å². The Morgan fingerprint density at radius 1 is 1.47 bits per heavy atom. The van der Waals surface area contributed by atoms with Crippen LogP contribution in [0.1, 0.15) is 17.3 Å². The summed E-state index contributed by atoms with van der Waals surface area (Å²) in [5, 5.41) is 0. The van der Waals surface area contributed by atoms with Crippen LogP contribution in [-0.4, -0.2) is 15.8 Å². The monoisotopic (exact) mass is 264 g/mol. The van der Waals surface area contributed by atoms with Gasteiger partial charge in [-0.05, 0) is 25.1 Å². The first-order valence-corrected chi connectivity index (χ1v) is 5.28. The van der Waals surface area contributed by atoms with Crippen LogP contribution in [0.15, 0.2) is 35.1 Å². The van der Waals surface area contributed by atoms with E-state index < -0.39 is 0 Å². The lowest BCUT2D eigenvalue weighted by Gasteiger charge is -2.04. The number of aromatic amines is 1. The molecular formula is C11H9BrN2O. The number of benzene rings is 1. The van der Waals surface area contributed by atoms with E-state index in [0.29, 0.717) is 11.4 Å². The largest absolute Gasteiger partial charge is 0.345 e. The zero-order valence-electron chi connectivity index (χ0n) is 8.12. The first-order valence-electron chi connectivity index (χ1n) is 4.48. The lowest BCUT2D eigenvalue weighted by atomic mass is 10.0. The minimum atomic E-state index is 0.0360. The number of carbonyl (C=O) groups is 1. The number of imidazole rings is 1. The van der Waals surface area contributed by atoms with E-state index in [1.54, 1.807) is 25.4 Å². The molecule has 4 heteroatoms. The molecule has 3 nitrogen and oxygen atoms in total. The number of nitrogens with one attached hydrogen (secondary N) is 1. The van der Waals surface area contributed by atoms with E-state index in [4.69, 9.17) is 0 Å². The fraction of sp³-hybridized carbons (Fsp3) is 0.0909. The second-order valence-corrected chi connectivity index (χ2v) is 4.10. The first kappa shape index (κ1) is 10.1. The summed E-state index contributed by atoms with van der Waals surface area (Å²) in [5.41, 5.74) is 1.50. The van der Waals surface area contributed by atoms with Crippen molar-refractivity contribution in [2.45, 2.75) is 6.92 Å². The predicted octanol–water partition coefficient (Wildman–Crippen LogP) is 3.04. The van der Waals surface area contributed by atoms with Crippen molar-refractivity contribution < 1.29 is 4.79 Å². The van der Waals surface area contributed by atoms with Gasteiger partial charge in [-0.25, -0.2) is 4.98 Å². The van der Waals surface area contributed by atoms with Gasteiger partial charge in [0, 0.05) is 28.0 Å². The van der Waals surface area contributed by atoms with Crippen LogP contribution >= 0.6 is 15.9 Å². The molecule has 0 spiro atoms. The molecule has 76 valence electrons. The number of Topliss-reactive ketones (excluding diaryl/α,β-unsaturated/α-hetero) is 1. The lowest BCUT2D eigenvalue weighted by Crippen LogP contribution is -1.96. The Bertz CT molecular complexity index is 491. The highest BCUT2D eigenvalue weighted by Crippen LogP contribution is 2.24. The van der Waals surface area contributed by atoms with Crippen molar-refractivity contribution >= 4 is 21.7 Å². The van der Waals surface area contributed by atoms with Crippen LogP contribution in [0, 0.1) is 0 Å². The summed E-state index contributed by atoms with van der Waals surface area (Å²) in [6, 6.07) is 5.53. The standard InChI is InChI=1S/C11H9BrN2O/c1-7(15)9-3-2-8(12)6-10(9)11-13-4-5-14-11/h2-6H,1H3,(H,13,14). The van der Waals surface area contributed by atoms with Gasteiger partial charge in [0.25, 0.3) is 0 Å². The smallest absolute Gasteiger partial charge is 0.160 e. The van der Waals surface area contributed by atoms with E-state index in [2.05, 4.69) is 25.9 Å². The second kappa shape index (κ2) is 3.98. The molecule has 0 saturated carbocycles. The van der Waals surface area contributed by atoms with Crippen molar-refractivity contribution in [3.63, 3.8) is 0 Å². The van der Waals surface area contributed by atoms with Gasteiger partial charge < -0.3 is 4.98 Å². The molecule has 2 aromatic rings. The third kappa shape index (κ3) is 1.99. The predicted molar refractivity (Wildman–Crippen MR) is 61.7 cm³/mol. The van der Waals surface area contributed by atoms with Gasteiger partial charge in [0.1, 0.15) is 5.82 Å². The molecule has 15 heavy (non-hydrogen) atoms. The maximum absolute atomic E-state index is 11.4. The van der Waals surface area contributed by atoms with Gasteiger partial charge in [0.15, 0.2) is 5.78 Å². The lowest BCUT2D eigenvalue weighted by molar-refractivity contribution is 0.101. The van der Waals surface area contributed by atoms with Crippen molar-refractivity contribution in [3.05, 3.63) is 40.6 Å². The maximum atomic E-state index is 11.4. The molecule has 0 atom stereocenters. The molecule has 1 aromatic carbocycles. The normalized spacial score (nSPS) is 10.3. The van der Waals surface area contributed by atoms with E-state index in [1.165, 1.54) is 0 Å². The Kier molecular flexibility index (Phi) is 2.68. The molecule has 0 aliphatic heterocycles. The van der Waals surface area contributed by atoms with Gasteiger partial charge in [-0.3, -0.25) is 4.79 Å². The summed E-state index contributed by atoms with van der Waals surface area (Å²) in [6.07, 6.45) is 3.40. The van der Waals surface area contributed by atoms with Gasteiger partial charge in [-0.15, -0.1) is 0 Å². The number of H-pyrrole nitrogens is 1. The maximum Gasteiger partial charge on any atom is 0.160 e. The zero-order chi connectivity index (χ0) is 10.8. The fourth-order valence-electron chi connectivity index (χ4n) is 1.43. The molecule has 0 bridgehead atoms. The topological polar surface area (TPSA) is 45.8 Å². The molecule has 1 N–H and O–H groups in total. The van der Waals surface area contributed by atoms with Crippen molar-refractivity contribution in [2.75, 3.05) is 0 Å². The summed E-state index contributed by atoms with van der Waals surface area (Å²) < 4.78 is 0.930. The number of hydrogen-bond acceptors (Lipinski definition) is 2. The number of carbonyl (C=O) groups excluding carboxylic acids is 1. The molecule has 1 aromatic heterocycles. The number of nitrogens with zero attached hydrogens (tertiary/aromatic N) is 1. The molecule has 0 aliphatic carbocycles. The molecule has 2 rings (SSSR count). The number of ketones is 1. The Morgan fingerprint density at radius 3 is 2.87 bits per heavy atom. The van der Waals surface area contributed by atoms with Crippen LogP contribution in [0.3, 0.4) is 0 Å². The first-order chi connectivity index (χ1) is 7.18.